The standard InChI is InChI=1S/C22H24N2O5/c1-2-13-27-18-9-5-16(6-10-18)21(25)23-24-22(26)17-7-11-19(12-8-17)29-15-20-4-3-14-28-20/h2,5-12,20H,1,3-4,13-15H2,(H,23,25)(H,24,26). The van der Waals surface area contributed by atoms with Crippen molar-refractivity contribution in [3.8, 4) is 11.5 Å². The lowest BCUT2D eigenvalue weighted by Crippen LogP contribution is -2.41. The zero-order valence-electron chi connectivity index (χ0n) is 16.1. The Morgan fingerprint density at radius 2 is 1.52 bits per heavy atom. The zero-order valence-corrected chi connectivity index (χ0v) is 16.1. The molecule has 1 fully saturated rings. The van der Waals surface area contributed by atoms with Gasteiger partial charge in [-0.2, -0.15) is 0 Å². The van der Waals surface area contributed by atoms with Gasteiger partial charge in [-0.05, 0) is 61.4 Å². The summed E-state index contributed by atoms with van der Waals surface area (Å²) >= 11 is 0. The third-order valence-electron chi connectivity index (χ3n) is 4.35. The Kier molecular flexibility index (Phi) is 7.24. The zero-order chi connectivity index (χ0) is 20.5. The van der Waals surface area contributed by atoms with Crippen molar-refractivity contribution in [3.05, 3.63) is 72.3 Å². The predicted molar refractivity (Wildman–Crippen MR) is 108 cm³/mol. The molecule has 1 heterocycles. The lowest BCUT2D eigenvalue weighted by atomic mass is 10.2. The summed E-state index contributed by atoms with van der Waals surface area (Å²) in [5.41, 5.74) is 5.59. The summed E-state index contributed by atoms with van der Waals surface area (Å²) in [6.45, 7) is 5.25. The molecule has 152 valence electrons. The van der Waals surface area contributed by atoms with Gasteiger partial charge in [0.25, 0.3) is 11.8 Å². The smallest absolute Gasteiger partial charge is 0.269 e. The molecule has 0 saturated carbocycles. The molecule has 0 aliphatic carbocycles. The molecule has 29 heavy (non-hydrogen) atoms. The molecular formula is C22H24N2O5. The Balaban J connectivity index is 1.45. The SMILES string of the molecule is C=CCOc1ccc(C(=O)NNC(=O)c2ccc(OCC3CCCO3)cc2)cc1. The number of nitrogens with one attached hydrogen (secondary N) is 2. The van der Waals surface area contributed by atoms with E-state index in [2.05, 4.69) is 17.4 Å². The molecule has 1 aliphatic heterocycles. The average Bonchev–Trinajstić information content (AvgIpc) is 3.29. The predicted octanol–water partition coefficient (Wildman–Crippen LogP) is 2.88. The Morgan fingerprint density at radius 1 is 0.966 bits per heavy atom. The van der Waals surface area contributed by atoms with Crippen LogP contribution >= 0.6 is 0 Å². The highest BCUT2D eigenvalue weighted by Gasteiger charge is 2.16. The quantitative estimate of drug-likeness (QED) is 0.529. The molecular weight excluding hydrogens is 372 g/mol. The van der Waals surface area contributed by atoms with Crippen LogP contribution in [-0.4, -0.2) is 37.7 Å². The topological polar surface area (TPSA) is 85.9 Å². The summed E-state index contributed by atoms with van der Waals surface area (Å²) in [6, 6.07) is 13.3. The van der Waals surface area contributed by atoms with Crippen LogP contribution in [0.1, 0.15) is 33.6 Å². The molecule has 2 aromatic rings. The average molecular weight is 396 g/mol. The van der Waals surface area contributed by atoms with Gasteiger partial charge in [0, 0.05) is 17.7 Å². The second kappa shape index (κ2) is 10.3. The molecule has 7 nitrogen and oxygen atoms in total. The molecule has 0 radical (unpaired) electrons. The first kappa shape index (κ1) is 20.4. The van der Waals surface area contributed by atoms with Crippen molar-refractivity contribution in [1.82, 2.24) is 10.9 Å². The van der Waals surface area contributed by atoms with Crippen LogP contribution in [0.2, 0.25) is 0 Å². The van der Waals surface area contributed by atoms with Crippen LogP contribution in [0.4, 0.5) is 0 Å². The molecule has 0 bridgehead atoms. The monoisotopic (exact) mass is 396 g/mol. The number of rotatable bonds is 8. The van der Waals surface area contributed by atoms with E-state index in [1.165, 1.54) is 0 Å². The van der Waals surface area contributed by atoms with Gasteiger partial charge in [-0.15, -0.1) is 0 Å². The maximum Gasteiger partial charge on any atom is 0.269 e. The van der Waals surface area contributed by atoms with E-state index in [-0.39, 0.29) is 6.10 Å². The van der Waals surface area contributed by atoms with Crippen molar-refractivity contribution in [3.63, 3.8) is 0 Å². The Hall–Kier alpha value is -3.32. The number of hydrogen-bond acceptors (Lipinski definition) is 5. The fraction of sp³-hybridized carbons (Fsp3) is 0.273. The highest BCUT2D eigenvalue weighted by molar-refractivity contribution is 5.99. The van der Waals surface area contributed by atoms with Crippen LogP contribution in [-0.2, 0) is 4.74 Å². The third kappa shape index (κ3) is 6.08. The van der Waals surface area contributed by atoms with Gasteiger partial charge < -0.3 is 14.2 Å². The maximum absolute atomic E-state index is 12.2. The van der Waals surface area contributed by atoms with Gasteiger partial charge in [0.2, 0.25) is 0 Å². The first-order chi connectivity index (χ1) is 14.2. The van der Waals surface area contributed by atoms with Crippen LogP contribution in [0.25, 0.3) is 0 Å². The molecule has 1 atom stereocenters. The third-order valence-corrected chi connectivity index (χ3v) is 4.35. The minimum Gasteiger partial charge on any atom is -0.491 e. The molecule has 2 amide bonds. The molecule has 3 rings (SSSR count). The molecule has 7 heteroatoms. The molecule has 2 N–H and O–H groups in total. The molecule has 0 spiro atoms. The van der Waals surface area contributed by atoms with Crippen LogP contribution in [0.3, 0.4) is 0 Å². The fourth-order valence-electron chi connectivity index (χ4n) is 2.78. The van der Waals surface area contributed by atoms with Crippen LogP contribution in [0.5, 0.6) is 11.5 Å². The van der Waals surface area contributed by atoms with Crippen molar-refractivity contribution < 1.29 is 23.8 Å². The normalized spacial score (nSPS) is 15.4. The Bertz CT molecular complexity index is 827. The van der Waals surface area contributed by atoms with Crippen molar-refractivity contribution in [1.29, 1.82) is 0 Å². The number of hydrogen-bond donors (Lipinski definition) is 2. The van der Waals surface area contributed by atoms with Crippen molar-refractivity contribution in [2.75, 3.05) is 19.8 Å². The van der Waals surface area contributed by atoms with Crippen LogP contribution < -0.4 is 20.3 Å². The lowest BCUT2D eigenvalue weighted by Gasteiger charge is -2.12. The van der Waals surface area contributed by atoms with Gasteiger partial charge in [0.15, 0.2) is 0 Å². The first-order valence-corrected chi connectivity index (χ1v) is 9.44. The summed E-state index contributed by atoms with van der Waals surface area (Å²) in [5.74, 6) is 0.451. The lowest BCUT2D eigenvalue weighted by molar-refractivity contribution is 0.0679. The van der Waals surface area contributed by atoms with Crippen molar-refractivity contribution in [2.24, 2.45) is 0 Å². The summed E-state index contributed by atoms with van der Waals surface area (Å²) in [7, 11) is 0. The number of carbonyl (C=O) groups excluding carboxylic acids is 2. The second-order valence-corrected chi connectivity index (χ2v) is 6.50. The van der Waals surface area contributed by atoms with E-state index in [0.717, 1.165) is 19.4 Å². The number of benzene rings is 2. The van der Waals surface area contributed by atoms with Gasteiger partial charge in [0.05, 0.1) is 6.10 Å². The number of carbonyl (C=O) groups is 2. The molecule has 2 aromatic carbocycles. The summed E-state index contributed by atoms with van der Waals surface area (Å²) < 4.78 is 16.5. The molecule has 0 aromatic heterocycles. The van der Waals surface area contributed by atoms with E-state index in [9.17, 15) is 9.59 Å². The second-order valence-electron chi connectivity index (χ2n) is 6.50. The number of hydrazine groups is 1. The highest BCUT2D eigenvalue weighted by atomic mass is 16.5. The molecule has 1 aliphatic rings. The van der Waals surface area contributed by atoms with E-state index >= 15 is 0 Å². The van der Waals surface area contributed by atoms with Gasteiger partial charge >= 0.3 is 0 Å². The number of ether oxygens (including phenoxy) is 3. The van der Waals surface area contributed by atoms with Crippen LogP contribution in [0, 0.1) is 0 Å². The highest BCUT2D eigenvalue weighted by Crippen LogP contribution is 2.16. The van der Waals surface area contributed by atoms with Crippen molar-refractivity contribution in [2.45, 2.75) is 18.9 Å². The van der Waals surface area contributed by atoms with Gasteiger partial charge in [-0.1, -0.05) is 12.7 Å². The minimum absolute atomic E-state index is 0.135. The number of amides is 2. The molecule has 1 saturated heterocycles. The van der Waals surface area contributed by atoms with E-state index in [4.69, 9.17) is 14.2 Å². The maximum atomic E-state index is 12.2. The van der Waals surface area contributed by atoms with E-state index in [1.807, 2.05) is 0 Å². The van der Waals surface area contributed by atoms with Gasteiger partial charge in [-0.25, -0.2) is 0 Å². The van der Waals surface area contributed by atoms with Crippen molar-refractivity contribution >= 4 is 11.8 Å². The fourth-order valence-corrected chi connectivity index (χ4v) is 2.78. The van der Waals surface area contributed by atoms with E-state index < -0.39 is 11.8 Å². The summed E-state index contributed by atoms with van der Waals surface area (Å²) in [6.07, 6.45) is 3.84. The molecule has 1 unspecified atom stereocenters. The van der Waals surface area contributed by atoms with E-state index in [1.54, 1.807) is 54.6 Å². The largest absolute Gasteiger partial charge is 0.491 e. The van der Waals surface area contributed by atoms with Gasteiger partial charge in [-0.3, -0.25) is 20.4 Å². The van der Waals surface area contributed by atoms with E-state index in [0.29, 0.717) is 35.8 Å². The summed E-state index contributed by atoms with van der Waals surface area (Å²) in [4.78, 5) is 24.4. The van der Waals surface area contributed by atoms with Gasteiger partial charge in [0.1, 0.15) is 24.7 Å². The van der Waals surface area contributed by atoms with Crippen LogP contribution in [0.15, 0.2) is 61.2 Å². The first-order valence-electron chi connectivity index (χ1n) is 9.44. The Morgan fingerprint density at radius 3 is 2.00 bits per heavy atom. The Labute approximate surface area is 169 Å². The minimum atomic E-state index is -0.426. The summed E-state index contributed by atoms with van der Waals surface area (Å²) in [5, 5.41) is 0.